The molecule has 68 valence electrons. The zero-order valence-corrected chi connectivity index (χ0v) is 7.99. The molecule has 0 amide bonds. The Morgan fingerprint density at radius 2 is 2.17 bits per heavy atom. The fraction of sp³-hybridized carbons (Fsp3) is 0.875. The smallest absolute Gasteiger partial charge is 0.162 e. The van der Waals surface area contributed by atoms with Crippen LogP contribution in [0.1, 0.15) is 45.5 Å². The number of aromatic nitrogens is 4. The average Bonchev–Trinajstić information content (AvgIpc) is 2.48. The van der Waals surface area contributed by atoms with E-state index in [1.54, 1.807) is 4.80 Å². The molecular weight excluding hydrogens is 152 g/mol. The van der Waals surface area contributed by atoms with Gasteiger partial charge in [-0.25, -0.2) is 0 Å². The Bertz CT molecular complexity index is 229. The maximum Gasteiger partial charge on any atom is 0.174 e. The van der Waals surface area contributed by atoms with Crippen LogP contribution in [0, 0.1) is 0 Å². The lowest BCUT2D eigenvalue weighted by atomic mass is 10.2. The van der Waals surface area contributed by atoms with Gasteiger partial charge in [-0.2, -0.15) is 4.80 Å². The molecule has 1 aromatic rings. The maximum absolute atomic E-state index is 4.24. The highest BCUT2D eigenvalue weighted by Gasteiger charge is 2.03. The Morgan fingerprint density at radius 1 is 1.42 bits per heavy atom. The van der Waals surface area contributed by atoms with E-state index in [0.29, 0.717) is 6.04 Å². The number of nitrogens with zero attached hydrogens (tertiary/aromatic N) is 4. The van der Waals surface area contributed by atoms with Crippen LogP contribution in [0.5, 0.6) is 0 Å². The third kappa shape index (κ3) is 2.29. The first-order valence-corrected chi connectivity index (χ1v) is 4.52. The molecule has 0 saturated carbocycles. The lowest BCUT2D eigenvalue weighted by molar-refractivity contribution is 0.453. The second kappa shape index (κ2) is 4.18. The van der Waals surface area contributed by atoms with Crippen LogP contribution < -0.4 is 0 Å². The molecule has 0 spiro atoms. The van der Waals surface area contributed by atoms with Gasteiger partial charge in [-0.3, -0.25) is 0 Å². The first kappa shape index (κ1) is 9.16. The van der Waals surface area contributed by atoms with Crippen molar-refractivity contribution in [2.24, 2.45) is 0 Å². The van der Waals surface area contributed by atoms with Gasteiger partial charge in [0, 0.05) is 6.42 Å². The second-order valence-electron chi connectivity index (χ2n) is 3.22. The molecule has 0 aliphatic heterocycles. The predicted molar refractivity (Wildman–Crippen MR) is 46.8 cm³/mol. The van der Waals surface area contributed by atoms with E-state index in [4.69, 9.17) is 0 Å². The first-order valence-electron chi connectivity index (χ1n) is 4.52. The topological polar surface area (TPSA) is 43.6 Å². The molecule has 0 bridgehead atoms. The molecule has 12 heavy (non-hydrogen) atoms. The Balaban J connectivity index is 2.52. The van der Waals surface area contributed by atoms with Gasteiger partial charge in [-0.15, -0.1) is 10.2 Å². The molecule has 1 heterocycles. The summed E-state index contributed by atoms with van der Waals surface area (Å²) in [4.78, 5) is 1.66. The number of tetrazole rings is 1. The van der Waals surface area contributed by atoms with Gasteiger partial charge in [0.25, 0.3) is 0 Å². The van der Waals surface area contributed by atoms with Crippen LogP contribution in [0.3, 0.4) is 0 Å². The molecule has 0 unspecified atom stereocenters. The minimum atomic E-state index is 0.313. The van der Waals surface area contributed by atoms with Crippen molar-refractivity contribution in [1.29, 1.82) is 0 Å². The summed E-state index contributed by atoms with van der Waals surface area (Å²) < 4.78 is 0. The van der Waals surface area contributed by atoms with Crippen molar-refractivity contribution < 1.29 is 0 Å². The Labute approximate surface area is 73.0 Å². The molecule has 0 radical (unpaired) electrons. The van der Waals surface area contributed by atoms with Crippen LogP contribution in [0.15, 0.2) is 0 Å². The molecule has 0 aliphatic rings. The van der Waals surface area contributed by atoms with Crippen molar-refractivity contribution in [2.45, 2.75) is 46.1 Å². The minimum absolute atomic E-state index is 0.313. The molecule has 0 aliphatic carbocycles. The highest BCUT2D eigenvalue weighted by atomic mass is 15.6. The van der Waals surface area contributed by atoms with Crippen LogP contribution in [-0.4, -0.2) is 20.2 Å². The third-order valence-electron chi connectivity index (χ3n) is 1.69. The third-order valence-corrected chi connectivity index (χ3v) is 1.69. The molecule has 0 N–H and O–H groups in total. The van der Waals surface area contributed by atoms with Gasteiger partial charge in [0.05, 0.1) is 6.04 Å². The van der Waals surface area contributed by atoms with Gasteiger partial charge in [0.15, 0.2) is 5.82 Å². The van der Waals surface area contributed by atoms with E-state index in [0.717, 1.165) is 18.7 Å². The number of aryl methyl sites for hydroxylation is 1. The Morgan fingerprint density at radius 3 is 2.67 bits per heavy atom. The Hall–Kier alpha value is -0.930. The summed E-state index contributed by atoms with van der Waals surface area (Å²) in [5.74, 6) is 0.866. The van der Waals surface area contributed by atoms with Crippen molar-refractivity contribution in [2.75, 3.05) is 0 Å². The van der Waals surface area contributed by atoms with E-state index in [2.05, 4.69) is 22.3 Å². The minimum Gasteiger partial charge on any atom is -0.162 e. The number of unbranched alkanes of at least 4 members (excludes halogenated alkanes) is 1. The zero-order chi connectivity index (χ0) is 8.97. The standard InChI is InChI=1S/C8H16N4/c1-4-5-6-8-9-11-12(10-8)7(2)3/h7H,4-6H2,1-3H3. The Kier molecular flexibility index (Phi) is 3.19. The molecular formula is C8H16N4. The summed E-state index contributed by atoms with van der Waals surface area (Å²) in [5, 5.41) is 12.1. The first-order chi connectivity index (χ1) is 5.74. The van der Waals surface area contributed by atoms with Gasteiger partial charge >= 0.3 is 0 Å². The van der Waals surface area contributed by atoms with E-state index in [9.17, 15) is 0 Å². The van der Waals surface area contributed by atoms with Crippen molar-refractivity contribution in [3.05, 3.63) is 5.82 Å². The highest BCUT2D eigenvalue weighted by Crippen LogP contribution is 2.00. The van der Waals surface area contributed by atoms with E-state index >= 15 is 0 Å². The number of hydrogen-bond acceptors (Lipinski definition) is 3. The van der Waals surface area contributed by atoms with Crippen molar-refractivity contribution in [3.63, 3.8) is 0 Å². The van der Waals surface area contributed by atoms with Crippen LogP contribution >= 0.6 is 0 Å². The molecule has 4 heteroatoms. The fourth-order valence-corrected chi connectivity index (χ4v) is 0.909. The van der Waals surface area contributed by atoms with Gasteiger partial charge in [0.2, 0.25) is 0 Å². The molecule has 1 aromatic heterocycles. The predicted octanol–water partition coefficient (Wildman–Crippen LogP) is 1.60. The summed E-state index contributed by atoms with van der Waals surface area (Å²) in [6.07, 6.45) is 3.27. The normalized spacial score (nSPS) is 11.0. The SMILES string of the molecule is CCCCc1nnn(C(C)C)n1. The summed E-state index contributed by atoms with van der Waals surface area (Å²) in [5.41, 5.74) is 0. The lowest BCUT2D eigenvalue weighted by Crippen LogP contribution is -2.05. The van der Waals surface area contributed by atoms with E-state index < -0.39 is 0 Å². The summed E-state index contributed by atoms with van der Waals surface area (Å²) in [6, 6.07) is 0.313. The quantitative estimate of drug-likeness (QED) is 0.685. The molecule has 4 nitrogen and oxygen atoms in total. The van der Waals surface area contributed by atoms with E-state index in [-0.39, 0.29) is 0 Å². The van der Waals surface area contributed by atoms with Crippen molar-refractivity contribution in [1.82, 2.24) is 20.2 Å². The molecule has 0 atom stereocenters. The number of hydrogen-bond donors (Lipinski definition) is 0. The molecule has 0 saturated heterocycles. The second-order valence-corrected chi connectivity index (χ2v) is 3.22. The highest BCUT2D eigenvalue weighted by molar-refractivity contribution is 4.76. The van der Waals surface area contributed by atoms with Crippen LogP contribution in [-0.2, 0) is 6.42 Å². The molecule has 1 rings (SSSR count). The lowest BCUT2D eigenvalue weighted by Gasteiger charge is -1.98. The van der Waals surface area contributed by atoms with Gasteiger partial charge in [0.1, 0.15) is 0 Å². The van der Waals surface area contributed by atoms with Crippen LogP contribution in [0.25, 0.3) is 0 Å². The number of rotatable bonds is 4. The fourth-order valence-electron chi connectivity index (χ4n) is 0.909. The van der Waals surface area contributed by atoms with Crippen LogP contribution in [0.2, 0.25) is 0 Å². The monoisotopic (exact) mass is 168 g/mol. The molecule has 0 fully saturated rings. The van der Waals surface area contributed by atoms with Crippen molar-refractivity contribution >= 4 is 0 Å². The van der Waals surface area contributed by atoms with E-state index in [1.807, 2.05) is 13.8 Å². The van der Waals surface area contributed by atoms with Gasteiger partial charge < -0.3 is 0 Å². The largest absolute Gasteiger partial charge is 0.174 e. The van der Waals surface area contributed by atoms with Gasteiger partial charge in [-0.05, 0) is 25.5 Å². The summed E-state index contributed by atoms with van der Waals surface area (Å²) in [6.45, 7) is 6.25. The molecule has 0 aromatic carbocycles. The summed E-state index contributed by atoms with van der Waals surface area (Å²) >= 11 is 0. The van der Waals surface area contributed by atoms with E-state index in [1.165, 1.54) is 6.42 Å². The zero-order valence-electron chi connectivity index (χ0n) is 7.99. The summed E-state index contributed by atoms with van der Waals surface area (Å²) in [7, 11) is 0. The van der Waals surface area contributed by atoms with Crippen molar-refractivity contribution in [3.8, 4) is 0 Å². The van der Waals surface area contributed by atoms with Gasteiger partial charge in [-0.1, -0.05) is 13.3 Å². The van der Waals surface area contributed by atoms with Crippen LogP contribution in [0.4, 0.5) is 0 Å². The average molecular weight is 168 g/mol. The maximum atomic E-state index is 4.24.